The summed E-state index contributed by atoms with van der Waals surface area (Å²) in [6.45, 7) is 0. The fraction of sp³-hybridized carbons (Fsp3) is 0.200. The van der Waals surface area contributed by atoms with Gasteiger partial charge in [-0.2, -0.15) is 0 Å². The molecule has 0 nitrogen and oxygen atoms in total. The molecule has 0 radical (unpaired) electrons. The van der Waals surface area contributed by atoms with E-state index in [0.29, 0.717) is 0 Å². The van der Waals surface area contributed by atoms with E-state index < -0.39 is 20.3 Å². The zero-order chi connectivity index (χ0) is 13.9. The first-order valence-corrected chi connectivity index (χ1v) is 14.1. The predicted molar refractivity (Wildman–Crippen MR) is 99.7 cm³/mol. The summed E-state index contributed by atoms with van der Waals surface area (Å²) >= 11 is -2.15. The fourth-order valence-electron chi connectivity index (χ4n) is 4.50. The van der Waals surface area contributed by atoms with E-state index in [1.165, 1.54) is 17.5 Å². The van der Waals surface area contributed by atoms with Crippen molar-refractivity contribution in [2.75, 3.05) is 0 Å². The minimum Gasteiger partial charge on any atom is -0.147 e. The van der Waals surface area contributed by atoms with Crippen molar-refractivity contribution in [1.29, 1.82) is 0 Å². The second kappa shape index (κ2) is 6.36. The standard InChI is InChI=1S/C13H9.C5H5.C2H4.2ClH.Zr/c1-3-7-12-10(5-1)9-11-6-2-4-8-13(11)12;1-2-4-5-3-1;1-2;;;/h1-9H;1-3H,4H2;1-2H2;2*1H;. The van der Waals surface area contributed by atoms with Crippen molar-refractivity contribution >= 4 is 24.8 Å². The molecule has 3 heteroatoms. The van der Waals surface area contributed by atoms with Gasteiger partial charge in [-0.25, -0.2) is 0 Å². The van der Waals surface area contributed by atoms with Gasteiger partial charge in [0.25, 0.3) is 0 Å². The average Bonchev–Trinajstić information content (AvgIpc) is 3.02. The molecule has 0 aromatic heterocycles. The van der Waals surface area contributed by atoms with Crippen molar-refractivity contribution in [2.45, 2.75) is 18.3 Å². The van der Waals surface area contributed by atoms with Gasteiger partial charge in [-0.05, 0) is 0 Å². The summed E-state index contributed by atoms with van der Waals surface area (Å²) in [5.74, 6) is 0. The number of hydrogen-bond acceptors (Lipinski definition) is 0. The van der Waals surface area contributed by atoms with Crippen LogP contribution in [0.3, 0.4) is 0 Å². The molecule has 1 saturated heterocycles. The summed E-state index contributed by atoms with van der Waals surface area (Å²) in [6, 6.07) is 18.3. The molecule has 2 aliphatic carbocycles. The Balaban J connectivity index is 0.000000781. The van der Waals surface area contributed by atoms with Crippen LogP contribution in [0.15, 0.2) is 70.0 Å². The first-order valence-electron chi connectivity index (χ1n) is 7.94. The van der Waals surface area contributed by atoms with Crippen LogP contribution in [0.1, 0.15) is 21.2 Å². The molecule has 0 N–H and O–H groups in total. The van der Waals surface area contributed by atoms with Gasteiger partial charge in [0, 0.05) is 0 Å². The van der Waals surface area contributed by atoms with E-state index in [1.807, 2.05) is 3.28 Å². The molecule has 5 rings (SSSR count). The zero-order valence-corrected chi connectivity index (χ0v) is 17.0. The normalized spacial score (nSPS) is 19.2. The molecular formula is C20H20Cl2Zr. The maximum Gasteiger partial charge on any atom is -0.147 e. The van der Waals surface area contributed by atoms with Crippen LogP contribution in [-0.4, -0.2) is 0 Å². The van der Waals surface area contributed by atoms with Crippen LogP contribution < -0.4 is 0 Å². The number of benzene rings is 2. The second-order valence-electron chi connectivity index (χ2n) is 6.59. The molecule has 0 unspecified atom stereocenters. The summed E-state index contributed by atoms with van der Waals surface area (Å²) in [7, 11) is 0. The molecule has 1 fully saturated rings. The Morgan fingerprint density at radius 2 is 1.35 bits per heavy atom. The molecule has 118 valence electrons. The Kier molecular flexibility index (Phi) is 4.76. The molecule has 23 heavy (non-hydrogen) atoms. The largest absolute Gasteiger partial charge is 0.147 e. The molecule has 0 atom stereocenters. The Bertz CT molecular complexity index is 757. The van der Waals surface area contributed by atoms with E-state index in [9.17, 15) is 0 Å². The molecule has 0 amide bonds. The van der Waals surface area contributed by atoms with Gasteiger partial charge in [0.1, 0.15) is 0 Å². The van der Waals surface area contributed by atoms with E-state index in [4.69, 9.17) is 0 Å². The smallest absolute Gasteiger partial charge is 0.147 e. The molecule has 1 heterocycles. The molecule has 2 aromatic rings. The van der Waals surface area contributed by atoms with Crippen LogP contribution >= 0.6 is 24.8 Å². The zero-order valence-electron chi connectivity index (χ0n) is 12.9. The number of rotatable bonds is 2. The van der Waals surface area contributed by atoms with Crippen LogP contribution in [0.5, 0.6) is 0 Å². The molecule has 2 aromatic carbocycles. The van der Waals surface area contributed by atoms with Crippen LogP contribution in [-0.2, 0) is 20.3 Å². The third-order valence-electron chi connectivity index (χ3n) is 5.59. The number of hydrogen-bond donors (Lipinski definition) is 0. The third kappa shape index (κ3) is 2.44. The summed E-state index contributed by atoms with van der Waals surface area (Å²) in [5, 5.41) is 0. The summed E-state index contributed by atoms with van der Waals surface area (Å²) in [4.78, 5) is 0. The van der Waals surface area contributed by atoms with Crippen LogP contribution in [0.25, 0.3) is 11.1 Å². The van der Waals surface area contributed by atoms with Crippen molar-refractivity contribution in [3.05, 3.63) is 81.2 Å². The molecule has 0 saturated carbocycles. The molecule has 0 bridgehead atoms. The molecule has 1 aliphatic heterocycles. The monoisotopic (exact) mass is 420 g/mol. The summed E-state index contributed by atoms with van der Waals surface area (Å²) in [6.07, 6.45) is 8.36. The van der Waals surface area contributed by atoms with Gasteiger partial charge in [-0.1, -0.05) is 0 Å². The average molecular weight is 423 g/mol. The first-order chi connectivity index (χ1) is 10.4. The summed E-state index contributed by atoms with van der Waals surface area (Å²) in [5.41, 5.74) is 6.29. The predicted octanol–water partition coefficient (Wildman–Crippen LogP) is 6.45. The minimum absolute atomic E-state index is 0. The van der Waals surface area contributed by atoms with Gasteiger partial charge in [-0.15, -0.1) is 24.8 Å². The Labute approximate surface area is 154 Å². The Morgan fingerprint density at radius 3 is 1.83 bits per heavy atom. The van der Waals surface area contributed by atoms with Gasteiger partial charge in [0.05, 0.1) is 0 Å². The van der Waals surface area contributed by atoms with Crippen molar-refractivity contribution in [2.24, 2.45) is 0 Å². The molecular weight excluding hydrogens is 402 g/mol. The maximum atomic E-state index is 2.46. The van der Waals surface area contributed by atoms with Gasteiger partial charge in [-0.3, -0.25) is 0 Å². The number of fused-ring (bicyclic) bond motifs is 3. The van der Waals surface area contributed by atoms with E-state index in [-0.39, 0.29) is 24.8 Å². The third-order valence-corrected chi connectivity index (χ3v) is 17.8. The maximum absolute atomic E-state index is 2.46. The van der Waals surface area contributed by atoms with Gasteiger partial charge in [0.15, 0.2) is 0 Å². The molecule has 0 spiro atoms. The van der Waals surface area contributed by atoms with E-state index in [1.54, 1.807) is 19.4 Å². The fourth-order valence-corrected chi connectivity index (χ4v) is 19.5. The van der Waals surface area contributed by atoms with E-state index >= 15 is 0 Å². The van der Waals surface area contributed by atoms with Gasteiger partial charge in [0.2, 0.25) is 0 Å². The summed E-state index contributed by atoms with van der Waals surface area (Å²) < 4.78 is 5.74. The van der Waals surface area contributed by atoms with Crippen molar-refractivity contribution in [3.8, 4) is 11.1 Å². The Morgan fingerprint density at radius 1 is 0.783 bits per heavy atom. The van der Waals surface area contributed by atoms with E-state index in [2.05, 4.69) is 66.8 Å². The second-order valence-corrected chi connectivity index (χ2v) is 17.7. The minimum atomic E-state index is -2.15. The van der Waals surface area contributed by atoms with Crippen molar-refractivity contribution in [3.63, 3.8) is 0 Å². The first kappa shape index (κ1) is 17.2. The van der Waals surface area contributed by atoms with Gasteiger partial charge >= 0.3 is 131 Å². The van der Waals surface area contributed by atoms with Gasteiger partial charge < -0.3 is 0 Å². The Hall–Kier alpha value is -0.617. The van der Waals surface area contributed by atoms with Crippen LogP contribution in [0.2, 0.25) is 8.26 Å². The number of allylic oxidation sites excluding steroid dienone is 4. The van der Waals surface area contributed by atoms with Crippen molar-refractivity contribution < 1.29 is 20.3 Å². The quantitative estimate of drug-likeness (QED) is 0.522. The van der Waals surface area contributed by atoms with Crippen LogP contribution in [0, 0.1) is 0 Å². The van der Waals surface area contributed by atoms with E-state index in [0.717, 1.165) is 3.63 Å². The van der Waals surface area contributed by atoms with Crippen molar-refractivity contribution in [1.82, 2.24) is 0 Å². The SMILES string of the molecule is C1=CC[C]([Zr]2([CH]3c4ccccc4-c4ccccc43)[CH2][CH2]2)=C1.Cl.Cl. The van der Waals surface area contributed by atoms with Crippen LogP contribution in [0.4, 0.5) is 0 Å². The molecule has 3 aliphatic rings. The topological polar surface area (TPSA) is 0 Å². The number of halogens is 2.